The Labute approximate surface area is 187 Å². The van der Waals surface area contributed by atoms with Gasteiger partial charge < -0.3 is 24.5 Å². The zero-order valence-electron chi connectivity index (χ0n) is 17.2. The second-order valence-corrected chi connectivity index (χ2v) is 7.87. The van der Waals surface area contributed by atoms with Gasteiger partial charge in [-0.1, -0.05) is 12.1 Å². The molecule has 2 N–H and O–H groups in total. The lowest BCUT2D eigenvalue weighted by molar-refractivity contribution is 0.308. The molecule has 1 aliphatic rings. The van der Waals surface area contributed by atoms with Gasteiger partial charge in [0.15, 0.2) is 11.5 Å². The number of aromatic nitrogens is 1. The first-order chi connectivity index (χ1) is 14.9. The van der Waals surface area contributed by atoms with Crippen molar-refractivity contribution in [2.24, 2.45) is 12.8 Å². The van der Waals surface area contributed by atoms with Crippen molar-refractivity contribution in [3.05, 3.63) is 73.8 Å². The monoisotopic (exact) mass is 481 g/mol. The lowest BCUT2D eigenvalue weighted by Crippen LogP contribution is -2.31. The van der Waals surface area contributed by atoms with Crippen LogP contribution in [0, 0.1) is 11.3 Å². The van der Waals surface area contributed by atoms with Crippen molar-refractivity contribution in [2.45, 2.75) is 12.8 Å². The molecule has 0 spiro atoms. The number of hydrogen-bond donors (Lipinski definition) is 1. The first-order valence-corrected chi connectivity index (χ1v) is 10.4. The third-order valence-electron chi connectivity index (χ3n) is 5.34. The predicted octanol–water partition coefficient (Wildman–Crippen LogP) is 3.93. The molecule has 0 saturated heterocycles. The number of nitrogens with zero attached hydrogens (tertiary/aromatic N) is 2. The Hall–Kier alpha value is -3.44. The van der Waals surface area contributed by atoms with Crippen molar-refractivity contribution in [1.29, 1.82) is 5.26 Å². The van der Waals surface area contributed by atoms with E-state index in [1.807, 2.05) is 37.3 Å². The highest BCUT2D eigenvalue weighted by Gasteiger charge is 2.36. The van der Waals surface area contributed by atoms with E-state index in [-0.39, 0.29) is 17.0 Å². The van der Waals surface area contributed by atoms with Crippen LogP contribution in [-0.4, -0.2) is 18.3 Å². The van der Waals surface area contributed by atoms with Crippen molar-refractivity contribution < 1.29 is 14.2 Å². The number of benzene rings is 2. The molecule has 0 aliphatic carbocycles. The maximum absolute atomic E-state index is 13.4. The van der Waals surface area contributed by atoms with Crippen LogP contribution in [-0.2, 0) is 7.05 Å². The highest BCUT2D eigenvalue weighted by atomic mass is 79.9. The van der Waals surface area contributed by atoms with E-state index in [2.05, 4.69) is 22.0 Å². The number of para-hydroxylation sites is 1. The Morgan fingerprint density at radius 3 is 2.74 bits per heavy atom. The Morgan fingerprint density at radius 2 is 2.06 bits per heavy atom. The first kappa shape index (κ1) is 20.8. The number of aryl methyl sites for hydroxylation is 1. The van der Waals surface area contributed by atoms with Crippen LogP contribution in [0.5, 0.6) is 17.2 Å². The van der Waals surface area contributed by atoms with Crippen LogP contribution in [0.4, 0.5) is 0 Å². The van der Waals surface area contributed by atoms with Gasteiger partial charge in [-0.3, -0.25) is 4.79 Å². The van der Waals surface area contributed by atoms with E-state index in [1.54, 1.807) is 17.7 Å². The summed E-state index contributed by atoms with van der Waals surface area (Å²) >= 11 is 3.53. The number of nitrogens with two attached hydrogens (primary N) is 1. The molecule has 1 aromatic heterocycles. The van der Waals surface area contributed by atoms with E-state index >= 15 is 0 Å². The van der Waals surface area contributed by atoms with E-state index < -0.39 is 5.92 Å². The molecule has 0 fully saturated rings. The zero-order chi connectivity index (χ0) is 22.3. The molecular formula is C23H20BrN3O4. The number of rotatable bonds is 4. The van der Waals surface area contributed by atoms with Gasteiger partial charge in [0.2, 0.25) is 5.88 Å². The Kier molecular flexibility index (Phi) is 5.38. The van der Waals surface area contributed by atoms with Gasteiger partial charge in [0.1, 0.15) is 17.4 Å². The summed E-state index contributed by atoms with van der Waals surface area (Å²) in [5.41, 5.74) is 7.78. The molecule has 3 aromatic rings. The standard InChI is InChI=1S/C23H20BrN3O4/c1-4-30-21-15(24)9-12(10-17(21)29-3)18-14(11-25)22(26)31-20-13-7-5-6-8-16(13)27(2)23(28)19(18)20/h5-10,18H,4,26H2,1-3H3. The van der Waals surface area contributed by atoms with Gasteiger partial charge in [-0.15, -0.1) is 0 Å². The lowest BCUT2D eigenvalue weighted by atomic mass is 9.83. The third kappa shape index (κ3) is 3.22. The van der Waals surface area contributed by atoms with Gasteiger partial charge in [0, 0.05) is 12.4 Å². The second-order valence-electron chi connectivity index (χ2n) is 7.02. The van der Waals surface area contributed by atoms with E-state index in [9.17, 15) is 10.1 Å². The minimum absolute atomic E-state index is 0.0256. The molecule has 1 unspecified atom stereocenters. The van der Waals surface area contributed by atoms with Crippen LogP contribution >= 0.6 is 15.9 Å². The molecule has 2 heterocycles. The fourth-order valence-corrected chi connectivity index (χ4v) is 4.52. The largest absolute Gasteiger partial charge is 0.493 e. The molecule has 1 atom stereocenters. The van der Waals surface area contributed by atoms with Crippen LogP contribution in [0.15, 0.2) is 57.1 Å². The van der Waals surface area contributed by atoms with Crippen molar-refractivity contribution in [2.75, 3.05) is 13.7 Å². The second kappa shape index (κ2) is 8.00. The molecule has 1 aliphatic heterocycles. The average molecular weight is 482 g/mol. The van der Waals surface area contributed by atoms with Crippen LogP contribution in [0.2, 0.25) is 0 Å². The highest BCUT2D eigenvalue weighted by Crippen LogP contribution is 2.46. The van der Waals surface area contributed by atoms with E-state index in [4.69, 9.17) is 19.9 Å². The van der Waals surface area contributed by atoms with Crippen LogP contribution < -0.4 is 25.5 Å². The minimum atomic E-state index is -0.724. The third-order valence-corrected chi connectivity index (χ3v) is 5.93. The molecular weight excluding hydrogens is 462 g/mol. The minimum Gasteiger partial charge on any atom is -0.493 e. The molecule has 158 valence electrons. The summed E-state index contributed by atoms with van der Waals surface area (Å²) in [6.07, 6.45) is 0. The normalized spacial score (nSPS) is 15.3. The number of ether oxygens (including phenoxy) is 3. The summed E-state index contributed by atoms with van der Waals surface area (Å²) in [7, 11) is 3.23. The lowest BCUT2D eigenvalue weighted by Gasteiger charge is -2.28. The maximum Gasteiger partial charge on any atom is 0.258 e. The molecule has 31 heavy (non-hydrogen) atoms. The van der Waals surface area contributed by atoms with Crippen LogP contribution in [0.3, 0.4) is 0 Å². The van der Waals surface area contributed by atoms with Gasteiger partial charge in [0.05, 0.1) is 35.2 Å². The van der Waals surface area contributed by atoms with Crippen LogP contribution in [0.25, 0.3) is 10.9 Å². The summed E-state index contributed by atoms with van der Waals surface area (Å²) in [5, 5.41) is 10.6. The maximum atomic E-state index is 13.4. The predicted molar refractivity (Wildman–Crippen MR) is 120 cm³/mol. The fourth-order valence-electron chi connectivity index (χ4n) is 3.95. The molecule has 0 amide bonds. The number of nitriles is 1. The summed E-state index contributed by atoms with van der Waals surface area (Å²) in [5.74, 6) is 0.639. The topological polar surface area (TPSA) is 99.5 Å². The average Bonchev–Trinajstić information content (AvgIpc) is 2.77. The Balaban J connectivity index is 2.07. The van der Waals surface area contributed by atoms with Crippen molar-refractivity contribution in [3.8, 4) is 23.3 Å². The number of hydrogen-bond acceptors (Lipinski definition) is 6. The van der Waals surface area contributed by atoms with Gasteiger partial charge in [-0.05, 0) is 52.7 Å². The summed E-state index contributed by atoms with van der Waals surface area (Å²) in [4.78, 5) is 13.4. The van der Waals surface area contributed by atoms with Gasteiger partial charge >= 0.3 is 0 Å². The fraction of sp³-hybridized carbons (Fsp3) is 0.217. The van der Waals surface area contributed by atoms with Crippen LogP contribution in [0.1, 0.15) is 24.0 Å². The van der Waals surface area contributed by atoms with Crippen molar-refractivity contribution in [1.82, 2.24) is 4.57 Å². The first-order valence-electron chi connectivity index (χ1n) is 9.62. The number of methoxy groups -OCH3 is 1. The Morgan fingerprint density at radius 1 is 1.32 bits per heavy atom. The van der Waals surface area contributed by atoms with Gasteiger partial charge in [0.25, 0.3) is 5.56 Å². The molecule has 0 saturated carbocycles. The number of allylic oxidation sites excluding steroid dienone is 1. The molecule has 2 aromatic carbocycles. The van der Waals surface area contributed by atoms with Gasteiger partial charge in [-0.2, -0.15) is 5.26 Å². The number of fused-ring (bicyclic) bond motifs is 3. The molecule has 0 bridgehead atoms. The zero-order valence-corrected chi connectivity index (χ0v) is 18.8. The smallest absolute Gasteiger partial charge is 0.258 e. The molecule has 0 radical (unpaired) electrons. The quantitative estimate of drug-likeness (QED) is 0.605. The van der Waals surface area contributed by atoms with E-state index in [0.29, 0.717) is 45.0 Å². The van der Waals surface area contributed by atoms with Crippen molar-refractivity contribution in [3.63, 3.8) is 0 Å². The molecule has 7 nitrogen and oxygen atoms in total. The summed E-state index contributed by atoms with van der Waals surface area (Å²) in [6, 6.07) is 13.1. The summed E-state index contributed by atoms with van der Waals surface area (Å²) in [6.45, 7) is 2.33. The van der Waals surface area contributed by atoms with E-state index in [0.717, 1.165) is 5.39 Å². The SMILES string of the molecule is CCOc1c(Br)cc(C2C(C#N)=C(N)Oc3c2c(=O)n(C)c2ccccc32)cc1OC. The Bertz CT molecular complexity index is 1340. The number of pyridine rings is 1. The number of halogens is 1. The summed E-state index contributed by atoms with van der Waals surface area (Å²) < 4.78 is 19.2. The molecule has 8 heteroatoms. The van der Waals surface area contributed by atoms with E-state index in [1.165, 1.54) is 7.11 Å². The van der Waals surface area contributed by atoms with Gasteiger partial charge in [-0.25, -0.2) is 0 Å². The highest BCUT2D eigenvalue weighted by molar-refractivity contribution is 9.10. The van der Waals surface area contributed by atoms with Crippen molar-refractivity contribution >= 4 is 26.8 Å². The molecule has 4 rings (SSSR count).